The Morgan fingerprint density at radius 1 is 1.52 bits per heavy atom. The molecule has 0 radical (unpaired) electrons. The zero-order valence-corrected chi connectivity index (χ0v) is 13.2. The van der Waals surface area contributed by atoms with Crippen molar-refractivity contribution < 1.29 is 13.2 Å². The Hall–Kier alpha value is -1.41. The lowest BCUT2D eigenvalue weighted by molar-refractivity contribution is -0.117. The lowest BCUT2D eigenvalue weighted by Gasteiger charge is -2.21. The second-order valence-corrected chi connectivity index (χ2v) is 7.33. The second-order valence-electron chi connectivity index (χ2n) is 5.68. The summed E-state index contributed by atoms with van der Waals surface area (Å²) in [7, 11) is -3.56. The van der Waals surface area contributed by atoms with Gasteiger partial charge in [-0.25, -0.2) is 18.2 Å². The van der Waals surface area contributed by atoms with Gasteiger partial charge in [-0.2, -0.15) is 5.10 Å². The second kappa shape index (κ2) is 6.15. The molecule has 0 aromatic carbocycles. The van der Waals surface area contributed by atoms with Crippen molar-refractivity contribution >= 4 is 21.7 Å². The summed E-state index contributed by atoms with van der Waals surface area (Å²) in [5, 5.41) is 9.36. The van der Waals surface area contributed by atoms with Crippen molar-refractivity contribution in [1.82, 2.24) is 9.78 Å². The number of hydrogen-bond donors (Lipinski definition) is 1. The van der Waals surface area contributed by atoms with Gasteiger partial charge in [0.15, 0.2) is 0 Å². The summed E-state index contributed by atoms with van der Waals surface area (Å²) in [6.07, 6.45) is 3.88. The number of sulfonamides is 1. The van der Waals surface area contributed by atoms with Gasteiger partial charge in [0.25, 0.3) is 0 Å². The first-order chi connectivity index (χ1) is 9.81. The number of carbonyl (C=O) groups is 1. The van der Waals surface area contributed by atoms with Crippen LogP contribution in [0, 0.1) is 5.92 Å². The molecule has 0 spiro atoms. The average molecular weight is 314 g/mol. The van der Waals surface area contributed by atoms with E-state index in [0.29, 0.717) is 6.54 Å². The van der Waals surface area contributed by atoms with E-state index in [0.717, 1.165) is 18.7 Å². The molecule has 118 valence electrons. The van der Waals surface area contributed by atoms with Crippen LogP contribution in [0.2, 0.25) is 0 Å². The summed E-state index contributed by atoms with van der Waals surface area (Å²) in [5.41, 5.74) is 0. The third-order valence-corrected chi connectivity index (χ3v) is 4.66. The largest absolute Gasteiger partial charge is 0.297 e. The van der Waals surface area contributed by atoms with E-state index in [1.54, 1.807) is 17.2 Å². The highest BCUT2D eigenvalue weighted by Crippen LogP contribution is 2.28. The van der Waals surface area contributed by atoms with Crippen molar-refractivity contribution in [2.45, 2.75) is 39.2 Å². The molecule has 1 fully saturated rings. The van der Waals surface area contributed by atoms with Crippen LogP contribution < -0.4 is 10.0 Å². The summed E-state index contributed by atoms with van der Waals surface area (Å²) in [4.78, 5) is 13.8. The van der Waals surface area contributed by atoms with Crippen molar-refractivity contribution in [2.24, 2.45) is 11.1 Å². The van der Waals surface area contributed by atoms with Crippen molar-refractivity contribution in [3.05, 3.63) is 12.3 Å². The summed E-state index contributed by atoms with van der Waals surface area (Å²) >= 11 is 0. The van der Waals surface area contributed by atoms with Gasteiger partial charge in [0, 0.05) is 24.9 Å². The Bertz CT molecular complexity index is 611. The van der Waals surface area contributed by atoms with Crippen molar-refractivity contribution in [3.8, 4) is 0 Å². The molecule has 2 atom stereocenters. The zero-order valence-electron chi connectivity index (χ0n) is 12.4. The van der Waals surface area contributed by atoms with E-state index in [2.05, 4.69) is 18.9 Å². The fraction of sp³-hybridized carbons (Fsp3) is 0.692. The third kappa shape index (κ3) is 3.82. The smallest absolute Gasteiger partial charge is 0.228 e. The average Bonchev–Trinajstić information content (AvgIpc) is 2.93. The van der Waals surface area contributed by atoms with Crippen molar-refractivity contribution in [1.29, 1.82) is 0 Å². The van der Waals surface area contributed by atoms with Crippen LogP contribution in [-0.4, -0.2) is 36.4 Å². The number of nitrogens with zero attached hydrogens (tertiary/aromatic N) is 3. The number of amides is 1. The molecule has 1 aromatic heterocycles. The van der Waals surface area contributed by atoms with Crippen LogP contribution in [0.15, 0.2) is 12.3 Å². The van der Waals surface area contributed by atoms with Crippen LogP contribution >= 0.6 is 0 Å². The van der Waals surface area contributed by atoms with Gasteiger partial charge in [-0.15, -0.1) is 0 Å². The Morgan fingerprint density at radius 3 is 2.86 bits per heavy atom. The fourth-order valence-corrected chi connectivity index (χ4v) is 3.72. The van der Waals surface area contributed by atoms with E-state index >= 15 is 0 Å². The lowest BCUT2D eigenvalue weighted by atomic mass is 10.1. The molecule has 1 aromatic rings. The monoisotopic (exact) mass is 314 g/mol. The SMILES string of the molecule is CCCC(C)n1nccc1N1CC(CS(N)(=O)=O)CC1=O. The first kappa shape index (κ1) is 16.0. The molecule has 1 aliphatic rings. The Labute approximate surface area is 125 Å². The number of hydrogen-bond acceptors (Lipinski definition) is 4. The topological polar surface area (TPSA) is 98.3 Å². The first-order valence-corrected chi connectivity index (χ1v) is 8.87. The highest BCUT2D eigenvalue weighted by Gasteiger charge is 2.34. The zero-order chi connectivity index (χ0) is 15.6. The Kier molecular flexibility index (Phi) is 4.67. The summed E-state index contributed by atoms with van der Waals surface area (Å²) in [6.45, 7) is 4.53. The van der Waals surface area contributed by atoms with Crippen molar-refractivity contribution in [2.75, 3.05) is 17.2 Å². The molecule has 7 nitrogen and oxygen atoms in total. The van der Waals surface area contributed by atoms with E-state index in [1.165, 1.54) is 0 Å². The predicted molar refractivity (Wildman–Crippen MR) is 80.3 cm³/mol. The molecule has 0 aliphatic carbocycles. The van der Waals surface area contributed by atoms with Crippen LogP contribution in [0.4, 0.5) is 5.82 Å². The van der Waals surface area contributed by atoms with E-state index in [-0.39, 0.29) is 30.0 Å². The standard InChI is InChI=1S/C13H22N4O3S/c1-3-4-10(2)17-12(5-6-15-17)16-8-11(7-13(16)18)9-21(14,19)20/h5-6,10-11H,3-4,7-9H2,1-2H3,(H2,14,19,20). The van der Waals surface area contributed by atoms with E-state index in [4.69, 9.17) is 5.14 Å². The van der Waals surface area contributed by atoms with Gasteiger partial charge in [0.2, 0.25) is 15.9 Å². The molecular formula is C13H22N4O3S. The highest BCUT2D eigenvalue weighted by atomic mass is 32.2. The molecule has 8 heteroatoms. The highest BCUT2D eigenvalue weighted by molar-refractivity contribution is 7.89. The van der Waals surface area contributed by atoms with Crippen LogP contribution in [0.25, 0.3) is 0 Å². The molecule has 0 saturated carbocycles. The van der Waals surface area contributed by atoms with Crippen LogP contribution in [0.1, 0.15) is 39.2 Å². The maximum absolute atomic E-state index is 12.2. The maximum Gasteiger partial charge on any atom is 0.228 e. The molecular weight excluding hydrogens is 292 g/mol. The van der Waals surface area contributed by atoms with Gasteiger partial charge in [0.1, 0.15) is 5.82 Å². The minimum atomic E-state index is -3.56. The predicted octanol–water partition coefficient (Wildman–Crippen LogP) is 0.886. The minimum Gasteiger partial charge on any atom is -0.297 e. The van der Waals surface area contributed by atoms with E-state index in [1.807, 2.05) is 4.68 Å². The summed E-state index contributed by atoms with van der Waals surface area (Å²) in [6, 6.07) is 1.99. The normalized spacial score (nSPS) is 21.0. The number of carbonyl (C=O) groups excluding carboxylic acids is 1. The van der Waals surface area contributed by atoms with E-state index in [9.17, 15) is 13.2 Å². The molecule has 0 bridgehead atoms. The van der Waals surface area contributed by atoms with Crippen LogP contribution in [0.5, 0.6) is 0 Å². The molecule has 2 unspecified atom stereocenters. The molecule has 21 heavy (non-hydrogen) atoms. The number of rotatable bonds is 6. The van der Waals surface area contributed by atoms with Gasteiger partial charge in [-0.1, -0.05) is 13.3 Å². The Morgan fingerprint density at radius 2 is 2.24 bits per heavy atom. The van der Waals surface area contributed by atoms with Crippen molar-refractivity contribution in [3.63, 3.8) is 0 Å². The molecule has 1 amide bonds. The van der Waals surface area contributed by atoms with Gasteiger partial charge in [-0.3, -0.25) is 9.69 Å². The third-order valence-electron chi connectivity index (χ3n) is 3.72. The van der Waals surface area contributed by atoms with Gasteiger partial charge in [0.05, 0.1) is 18.0 Å². The number of nitrogens with two attached hydrogens (primary N) is 1. The molecule has 1 saturated heterocycles. The summed E-state index contributed by atoms with van der Waals surface area (Å²) in [5.74, 6) is 0.248. The Balaban J connectivity index is 2.16. The fourth-order valence-electron chi connectivity index (χ4n) is 2.84. The van der Waals surface area contributed by atoms with Gasteiger partial charge >= 0.3 is 0 Å². The maximum atomic E-state index is 12.2. The number of aromatic nitrogens is 2. The molecule has 2 N–H and O–H groups in total. The first-order valence-electron chi connectivity index (χ1n) is 7.16. The van der Waals surface area contributed by atoms with Crippen LogP contribution in [0.3, 0.4) is 0 Å². The molecule has 1 aliphatic heterocycles. The minimum absolute atomic E-state index is 0.0749. The van der Waals surface area contributed by atoms with Gasteiger partial charge in [-0.05, 0) is 13.3 Å². The lowest BCUT2D eigenvalue weighted by Crippen LogP contribution is -2.29. The summed E-state index contributed by atoms with van der Waals surface area (Å²) < 4.78 is 24.2. The molecule has 2 heterocycles. The number of anilines is 1. The molecule has 2 rings (SSSR count). The number of primary sulfonamides is 1. The van der Waals surface area contributed by atoms with Gasteiger partial charge < -0.3 is 0 Å². The van der Waals surface area contributed by atoms with Crippen LogP contribution in [-0.2, 0) is 14.8 Å². The van der Waals surface area contributed by atoms with E-state index < -0.39 is 10.0 Å². The quantitative estimate of drug-likeness (QED) is 0.843.